The third-order valence-corrected chi connectivity index (χ3v) is 18.8. The second-order valence-electron chi connectivity index (χ2n) is 26.9. The molecule has 0 N–H and O–H groups in total. The number of aromatic nitrogens is 21. The number of para-hydroxylation sites is 2. The SMILES string of the molecule is CC(C)n1ncnc1-c1[c-]cc2oc(-c3ccccc3)nc2c1.Cc1cc(C(C)(C)C)cc(C)c1-n1ncnc1-c1[c-]cc2nc(C)n(C)c2c1.Cc1nc2c[c-]c(-c3ncnn3-c3ccccc3)cc2o1.Cc1nc2cc(-c3ncnn3-c3c(F)cccc3F)[c-]cc2s1.Cn1ncnc1-c1[c-]cc2ocnc2c1.[Ir].[Ir].[Ir].[Ir].[Ir]. The molecular weight excluding hydrogens is 2370 g/mol. The van der Waals surface area contributed by atoms with Crippen LogP contribution in [0.4, 0.5) is 8.78 Å². The predicted molar refractivity (Wildman–Crippen MR) is 415 cm³/mol. The minimum atomic E-state index is -0.706. The molecule has 32 heteroatoms. The van der Waals surface area contributed by atoms with Gasteiger partial charge in [-0.2, -0.15) is 36.8 Å². The van der Waals surface area contributed by atoms with E-state index < -0.39 is 11.6 Å². The van der Waals surface area contributed by atoms with Crippen molar-refractivity contribution in [3.8, 4) is 85.5 Å². The first-order chi connectivity index (χ1) is 53.2. The van der Waals surface area contributed by atoms with Gasteiger partial charge in [-0.25, -0.2) is 23.4 Å². The van der Waals surface area contributed by atoms with E-state index >= 15 is 0 Å². The zero-order valence-electron chi connectivity index (χ0n) is 63.4. The maximum absolute atomic E-state index is 14.0. The summed E-state index contributed by atoms with van der Waals surface area (Å²) in [5.74, 6) is 4.17. The minimum absolute atomic E-state index is 0. The van der Waals surface area contributed by atoms with Gasteiger partial charge in [-0.15, -0.1) is 113 Å². The van der Waals surface area contributed by atoms with Crippen molar-refractivity contribution < 1.29 is 123 Å². The fraction of sp³-hybridized carbons (Fsp3) is 0.169. The Bertz CT molecular complexity index is 6470. The topological polar surface area (TPSA) is 262 Å². The molecule has 0 fully saturated rings. The number of hydrogen-bond donors (Lipinski definition) is 0. The first kappa shape index (κ1) is 87.0. The van der Waals surface area contributed by atoms with Crippen LogP contribution in [0, 0.1) is 76.6 Å². The van der Waals surface area contributed by atoms with Gasteiger partial charge in [0.2, 0.25) is 5.89 Å². The molecule has 0 saturated carbocycles. The molecule has 0 amide bonds. The Morgan fingerprint density at radius 1 is 0.452 bits per heavy atom. The van der Waals surface area contributed by atoms with E-state index in [9.17, 15) is 8.78 Å². The van der Waals surface area contributed by atoms with Crippen LogP contribution in [-0.2, 0) is 120 Å². The van der Waals surface area contributed by atoms with Gasteiger partial charge in [0.1, 0.15) is 37.3 Å². The Kier molecular flexibility index (Phi) is 28.3. The Hall–Kier alpha value is -10.4. The van der Waals surface area contributed by atoms with Crippen molar-refractivity contribution in [1.82, 2.24) is 103 Å². The van der Waals surface area contributed by atoms with Crippen molar-refractivity contribution in [3.63, 3.8) is 0 Å². The summed E-state index contributed by atoms with van der Waals surface area (Å²) >= 11 is 1.56. The number of fused-ring (bicyclic) bond motifs is 5. The normalized spacial score (nSPS) is 10.9. The van der Waals surface area contributed by atoms with Crippen molar-refractivity contribution in [2.24, 2.45) is 14.1 Å². The van der Waals surface area contributed by atoms with Crippen LogP contribution in [0.25, 0.3) is 140 Å². The molecule has 9 aromatic carbocycles. The molecule has 0 aliphatic heterocycles. The van der Waals surface area contributed by atoms with Gasteiger partial charge in [-0.05, 0) is 116 Å². The predicted octanol–water partition coefficient (Wildman–Crippen LogP) is 17.5. The molecule has 0 atom stereocenters. The summed E-state index contributed by atoms with van der Waals surface area (Å²) in [6.45, 7) is 20.9. The number of imidazole rings is 1. The van der Waals surface area contributed by atoms with Crippen LogP contribution in [-0.4, -0.2) is 103 Å². The number of aryl methyl sites for hydroxylation is 7. The standard InChI is InChI=1S/C23H26N5.C18H15N4O.C16H9F2N4S.C16H11N4O.C10H7N4O.5Ir/c1-14-10-18(23(4,5)6)11-15(2)21(14)28-22(24-13-25-28)17-8-9-19-20(12-17)27(7)16(3)26-19;1-12(2)22-17(19-11-20-22)14-8-9-16-15(10-14)21-18(23-16)13-6-4-3-5-7-13;1-9-21-13-7-10(5-6-14(13)23-9)16-19-8-20-22(16)15-11(17)3-2-4-12(15)18;1-11-19-14-8-7-12(9-15(14)21-11)16-17-10-18-20(16)13-5-3-2-4-6-13;1-14-10(11-5-13-14)7-2-3-9-8(4-7)12-6-15-9;;;;;/h9-13H,1-7H3;3-7,9-12H,1-2H3;2-4,6-8H,1H3;2-6,8-10H,1H3;3-6H,1H3;;;;;/q5*-1;;;;;. The largest absolute Gasteiger partial charge is 0.490 e. The molecular formula is C83H68F2Ir5N21O3S-5. The summed E-state index contributed by atoms with van der Waals surface area (Å²) in [4.78, 5) is 43.4. The molecule has 0 bridgehead atoms. The zero-order valence-corrected chi connectivity index (χ0v) is 76.2. The summed E-state index contributed by atoms with van der Waals surface area (Å²) in [6.07, 6.45) is 8.89. The van der Waals surface area contributed by atoms with Gasteiger partial charge in [0.05, 0.1) is 68.1 Å². The van der Waals surface area contributed by atoms with Crippen molar-refractivity contribution in [2.45, 2.75) is 80.7 Å². The van der Waals surface area contributed by atoms with Crippen molar-refractivity contribution >= 4 is 65.9 Å². The fourth-order valence-electron chi connectivity index (χ4n) is 12.4. The molecule has 19 rings (SSSR count). The van der Waals surface area contributed by atoms with Crippen LogP contribution in [0.3, 0.4) is 0 Å². The minimum Gasteiger partial charge on any atom is -0.490 e. The van der Waals surface area contributed by atoms with E-state index in [1.165, 1.54) is 60.3 Å². The summed E-state index contributed by atoms with van der Waals surface area (Å²) in [5.41, 5.74) is 17.9. The third kappa shape index (κ3) is 18.8. The van der Waals surface area contributed by atoms with E-state index in [4.69, 9.17) is 13.3 Å². The molecule has 24 nitrogen and oxygen atoms in total. The Labute approximate surface area is 730 Å². The quantitative estimate of drug-likeness (QED) is 0.115. The Morgan fingerprint density at radius 2 is 0.983 bits per heavy atom. The van der Waals surface area contributed by atoms with Crippen LogP contribution in [0.5, 0.6) is 0 Å². The summed E-state index contributed by atoms with van der Waals surface area (Å²) in [5, 5.41) is 22.0. The number of rotatable bonds is 10. The number of benzene rings is 9. The van der Waals surface area contributed by atoms with E-state index in [1.54, 1.807) is 51.6 Å². The number of thiazole rings is 1. The molecule has 10 aromatic heterocycles. The summed E-state index contributed by atoms with van der Waals surface area (Å²) < 4.78 is 56.0. The molecule has 115 heavy (non-hydrogen) atoms. The molecule has 0 unspecified atom stereocenters. The number of halogens is 2. The number of nitrogens with zero attached hydrogens (tertiary/aromatic N) is 21. The van der Waals surface area contributed by atoms with Crippen molar-refractivity contribution in [2.75, 3.05) is 0 Å². The smallest absolute Gasteiger partial charge is 0.216 e. The average Bonchev–Trinajstić information content (AvgIpc) is 1.81. The second kappa shape index (κ2) is 37.4. The van der Waals surface area contributed by atoms with Crippen LogP contribution in [0.15, 0.2) is 203 Å². The molecule has 19 aromatic rings. The van der Waals surface area contributed by atoms with Gasteiger partial charge < -0.3 is 17.8 Å². The summed E-state index contributed by atoms with van der Waals surface area (Å²) in [7, 11) is 3.86. The van der Waals surface area contributed by atoms with Gasteiger partial charge in [0.25, 0.3) is 0 Å². The van der Waals surface area contributed by atoms with E-state index in [0.717, 1.165) is 127 Å². The zero-order chi connectivity index (χ0) is 76.5. The van der Waals surface area contributed by atoms with Crippen LogP contribution in [0.1, 0.15) is 74.1 Å². The monoisotopic (exact) mass is 2440 g/mol. The van der Waals surface area contributed by atoms with Gasteiger partial charge in [-0.3, -0.25) is 58.6 Å². The van der Waals surface area contributed by atoms with E-state index in [0.29, 0.717) is 28.8 Å². The van der Waals surface area contributed by atoms with Crippen LogP contribution in [0.2, 0.25) is 0 Å². The van der Waals surface area contributed by atoms with Crippen LogP contribution >= 0.6 is 11.3 Å². The maximum atomic E-state index is 14.0. The van der Waals surface area contributed by atoms with Gasteiger partial charge in [-0.1, -0.05) is 81.4 Å². The molecule has 0 aliphatic rings. The van der Waals surface area contributed by atoms with Crippen molar-refractivity contribution in [1.29, 1.82) is 0 Å². The van der Waals surface area contributed by atoms with Crippen LogP contribution < -0.4 is 0 Å². The molecule has 0 aliphatic carbocycles. The molecule has 0 spiro atoms. The van der Waals surface area contributed by atoms with Gasteiger partial charge >= 0.3 is 0 Å². The first-order valence-corrected chi connectivity index (χ1v) is 35.6. The molecule has 10 heterocycles. The Balaban J connectivity index is 0.000000152. The van der Waals surface area contributed by atoms with Gasteiger partial charge in [0, 0.05) is 155 Å². The fourth-order valence-corrected chi connectivity index (χ4v) is 13.2. The third-order valence-electron chi connectivity index (χ3n) is 17.8. The number of oxazole rings is 3. The first-order valence-electron chi connectivity index (χ1n) is 34.8. The van der Waals surface area contributed by atoms with E-state index in [1.807, 2.05) is 141 Å². The molecule has 593 valence electrons. The maximum Gasteiger partial charge on any atom is 0.216 e. The average molecular weight is 2440 g/mol. The molecule has 0 saturated heterocycles. The van der Waals surface area contributed by atoms with Gasteiger partial charge in [0.15, 0.2) is 23.9 Å². The summed E-state index contributed by atoms with van der Waals surface area (Å²) in [6, 6.07) is 62.7. The van der Waals surface area contributed by atoms with E-state index in [2.05, 4.69) is 177 Å². The van der Waals surface area contributed by atoms with E-state index in [-0.39, 0.29) is 118 Å². The Morgan fingerprint density at radius 3 is 1.63 bits per heavy atom. The van der Waals surface area contributed by atoms with Crippen molar-refractivity contribution in [3.05, 3.63) is 265 Å². The second-order valence-corrected chi connectivity index (χ2v) is 28.1. The number of hydrogen-bond acceptors (Lipinski definition) is 19. The molecule has 5 radical (unpaired) electrons.